The van der Waals surface area contributed by atoms with Gasteiger partial charge in [0.2, 0.25) is 0 Å². The second-order valence-corrected chi connectivity index (χ2v) is 8.47. The summed E-state index contributed by atoms with van der Waals surface area (Å²) < 4.78 is 5.95. The number of nitrogen functional groups attached to an aromatic ring is 1. The molecule has 8 heteroatoms. The van der Waals surface area contributed by atoms with Crippen molar-refractivity contribution in [1.29, 1.82) is 0 Å². The van der Waals surface area contributed by atoms with Crippen molar-refractivity contribution in [1.82, 2.24) is 10.3 Å². The second kappa shape index (κ2) is 7.02. The molecule has 1 aromatic heterocycles. The number of fused-ring (bicyclic) bond motifs is 1. The number of rotatable bonds is 2. The van der Waals surface area contributed by atoms with Crippen LogP contribution < -0.4 is 11.1 Å². The number of nitrogens with one attached hydrogen (secondary N) is 1. The van der Waals surface area contributed by atoms with E-state index in [4.69, 9.17) is 15.5 Å². The maximum Gasteiger partial charge on any atom is 0.257 e. The quantitative estimate of drug-likeness (QED) is 0.826. The van der Waals surface area contributed by atoms with Crippen molar-refractivity contribution in [2.24, 2.45) is 10.9 Å². The van der Waals surface area contributed by atoms with Gasteiger partial charge in [0.25, 0.3) is 5.91 Å². The fourth-order valence-corrected chi connectivity index (χ4v) is 5.45. The van der Waals surface area contributed by atoms with Crippen LogP contribution in [0.25, 0.3) is 0 Å². The molecule has 1 aromatic carbocycles. The highest BCUT2D eigenvalue weighted by molar-refractivity contribution is 8.13. The van der Waals surface area contributed by atoms with Crippen LogP contribution in [0.2, 0.25) is 0 Å². The Morgan fingerprint density at radius 2 is 2.19 bits per heavy atom. The average molecular weight is 389 g/mol. The minimum absolute atomic E-state index is 0.158. The normalized spacial score (nSPS) is 28.1. The van der Waals surface area contributed by atoms with Crippen LogP contribution >= 0.6 is 23.1 Å². The van der Waals surface area contributed by atoms with Gasteiger partial charge in [-0.1, -0.05) is 30.0 Å². The van der Waals surface area contributed by atoms with Crippen LogP contribution in [0, 0.1) is 5.92 Å². The van der Waals surface area contributed by atoms with Gasteiger partial charge in [0, 0.05) is 22.6 Å². The van der Waals surface area contributed by atoms with Gasteiger partial charge in [0.15, 0.2) is 5.17 Å². The summed E-state index contributed by atoms with van der Waals surface area (Å²) in [5.41, 5.74) is 5.90. The summed E-state index contributed by atoms with van der Waals surface area (Å²) in [5, 5.41) is 6.25. The summed E-state index contributed by atoms with van der Waals surface area (Å²) >= 11 is 3.09. The van der Waals surface area contributed by atoms with Crippen molar-refractivity contribution >= 4 is 40.0 Å². The van der Waals surface area contributed by atoms with E-state index in [1.165, 1.54) is 11.3 Å². The van der Waals surface area contributed by atoms with Gasteiger partial charge in [-0.3, -0.25) is 4.79 Å². The third-order valence-electron chi connectivity index (χ3n) is 4.75. The van der Waals surface area contributed by atoms with Crippen molar-refractivity contribution in [3.8, 4) is 0 Å². The Bertz CT molecular complexity index is 839. The average Bonchev–Trinajstić information content (AvgIpc) is 3.09. The molecule has 1 amide bonds. The van der Waals surface area contributed by atoms with E-state index in [1.54, 1.807) is 23.9 Å². The minimum Gasteiger partial charge on any atom is -0.383 e. The summed E-state index contributed by atoms with van der Waals surface area (Å²) in [6.07, 6.45) is 1.11. The second-order valence-electron chi connectivity index (χ2n) is 6.60. The van der Waals surface area contributed by atoms with Crippen molar-refractivity contribution in [3.63, 3.8) is 0 Å². The Morgan fingerprint density at radius 1 is 1.38 bits per heavy atom. The van der Waals surface area contributed by atoms with E-state index in [2.05, 4.69) is 17.2 Å². The molecule has 0 spiro atoms. The molecule has 0 saturated carbocycles. The number of aromatic nitrogens is 1. The Morgan fingerprint density at radius 3 is 2.92 bits per heavy atom. The van der Waals surface area contributed by atoms with Crippen LogP contribution in [0.4, 0.5) is 5.82 Å². The van der Waals surface area contributed by atoms with Gasteiger partial charge in [0.1, 0.15) is 16.4 Å². The molecule has 1 fully saturated rings. The monoisotopic (exact) mass is 388 g/mol. The number of nitrogens with two attached hydrogens (primary N) is 1. The molecule has 0 aliphatic carbocycles. The molecule has 3 heterocycles. The zero-order valence-electron chi connectivity index (χ0n) is 14.3. The molecule has 2 aliphatic rings. The number of carbonyl (C=O) groups is 1. The molecule has 2 unspecified atom stereocenters. The summed E-state index contributed by atoms with van der Waals surface area (Å²) in [7, 11) is 0. The molecule has 3 atom stereocenters. The van der Waals surface area contributed by atoms with Crippen LogP contribution in [-0.2, 0) is 10.3 Å². The first kappa shape index (κ1) is 17.5. The van der Waals surface area contributed by atoms with Crippen LogP contribution in [0.15, 0.2) is 40.7 Å². The largest absolute Gasteiger partial charge is 0.383 e. The number of thiazole rings is 1. The third-order valence-corrected chi connectivity index (χ3v) is 6.81. The van der Waals surface area contributed by atoms with E-state index in [9.17, 15) is 4.79 Å². The summed E-state index contributed by atoms with van der Waals surface area (Å²) in [4.78, 5) is 21.9. The van der Waals surface area contributed by atoms with Crippen molar-refractivity contribution < 1.29 is 9.53 Å². The zero-order chi connectivity index (χ0) is 18.1. The number of nitrogens with zero attached hydrogens (tertiary/aromatic N) is 2. The van der Waals surface area contributed by atoms with E-state index >= 15 is 0 Å². The number of amidine groups is 1. The number of aliphatic imine (C=N–C) groups is 1. The predicted molar refractivity (Wildman–Crippen MR) is 106 cm³/mol. The maximum atomic E-state index is 12.5. The van der Waals surface area contributed by atoms with Gasteiger partial charge in [-0.15, -0.1) is 11.3 Å². The van der Waals surface area contributed by atoms with Crippen molar-refractivity contribution in [2.45, 2.75) is 25.0 Å². The fourth-order valence-electron chi connectivity index (χ4n) is 3.37. The minimum atomic E-state index is -0.570. The molecule has 6 nitrogen and oxygen atoms in total. The Labute approximate surface area is 160 Å². The van der Waals surface area contributed by atoms with Crippen LogP contribution in [0.1, 0.15) is 28.7 Å². The molecule has 4 rings (SSSR count). The van der Waals surface area contributed by atoms with E-state index in [1.807, 2.05) is 23.6 Å². The first-order chi connectivity index (χ1) is 12.6. The van der Waals surface area contributed by atoms with Gasteiger partial charge in [-0.2, -0.15) is 0 Å². The smallest absolute Gasteiger partial charge is 0.257 e. The van der Waals surface area contributed by atoms with E-state index in [0.29, 0.717) is 29.1 Å². The van der Waals surface area contributed by atoms with Gasteiger partial charge < -0.3 is 15.8 Å². The van der Waals surface area contributed by atoms with E-state index in [-0.39, 0.29) is 12.0 Å². The third kappa shape index (κ3) is 3.24. The highest BCUT2D eigenvalue weighted by Gasteiger charge is 2.49. The number of benzene rings is 1. The number of hydrogen-bond donors (Lipinski definition) is 2. The van der Waals surface area contributed by atoms with Gasteiger partial charge in [-0.05, 0) is 25.5 Å². The van der Waals surface area contributed by atoms with Crippen LogP contribution in [-0.4, -0.2) is 34.5 Å². The van der Waals surface area contributed by atoms with Crippen molar-refractivity contribution in [2.75, 3.05) is 18.1 Å². The number of ether oxygens (including phenoxy) is 1. The molecule has 1 saturated heterocycles. The molecular formula is C18H20N4O2S2. The zero-order valence-corrected chi connectivity index (χ0v) is 16.0. The molecular weight excluding hydrogens is 368 g/mol. The first-order valence-corrected chi connectivity index (χ1v) is 10.4. The molecule has 2 aliphatic heterocycles. The molecule has 136 valence electrons. The number of amides is 1. The Kier molecular flexibility index (Phi) is 4.73. The van der Waals surface area contributed by atoms with Gasteiger partial charge in [-0.25, -0.2) is 9.98 Å². The molecule has 0 radical (unpaired) electrons. The lowest BCUT2D eigenvalue weighted by atomic mass is 9.80. The van der Waals surface area contributed by atoms with Gasteiger partial charge >= 0.3 is 0 Å². The lowest BCUT2D eigenvalue weighted by molar-refractivity contribution is -0.0466. The molecule has 0 bridgehead atoms. The lowest BCUT2D eigenvalue weighted by Crippen LogP contribution is -2.50. The number of anilines is 1. The lowest BCUT2D eigenvalue weighted by Gasteiger charge is -2.44. The standard InChI is InChI=1S/C18H20N4O2S2/c1-11-7-13-8-26-17(21-15(23)12-5-3-2-4-6-12)22-18(13,10-24-11)16-20-14(19)9-25-16/h2-6,9,11,13H,7-8,10,19H2,1H3,(H,21,22,23)/t11?,13?,18-/m0/s1. The topological polar surface area (TPSA) is 89.6 Å². The molecule has 3 N–H and O–H groups in total. The highest BCUT2D eigenvalue weighted by Crippen LogP contribution is 2.47. The Balaban J connectivity index is 1.65. The summed E-state index contributed by atoms with van der Waals surface area (Å²) in [6.45, 7) is 2.54. The Hall–Kier alpha value is -1.90. The van der Waals surface area contributed by atoms with E-state index in [0.717, 1.165) is 17.2 Å². The molecule has 26 heavy (non-hydrogen) atoms. The van der Waals surface area contributed by atoms with Crippen LogP contribution in [0.3, 0.4) is 0 Å². The fraction of sp³-hybridized carbons (Fsp3) is 0.389. The summed E-state index contributed by atoms with van der Waals surface area (Å²) in [6, 6.07) is 9.15. The number of hydrogen-bond acceptors (Lipinski definition) is 7. The number of thioether (sulfide) groups is 1. The predicted octanol–water partition coefficient (Wildman–Crippen LogP) is 2.88. The van der Waals surface area contributed by atoms with Gasteiger partial charge in [0.05, 0.1) is 12.7 Å². The van der Waals surface area contributed by atoms with Crippen LogP contribution in [0.5, 0.6) is 0 Å². The van der Waals surface area contributed by atoms with E-state index < -0.39 is 5.54 Å². The number of carbonyl (C=O) groups excluding carboxylic acids is 1. The first-order valence-electron chi connectivity index (χ1n) is 8.49. The molecule has 2 aromatic rings. The van der Waals surface area contributed by atoms with Crippen molar-refractivity contribution in [3.05, 3.63) is 46.3 Å². The maximum absolute atomic E-state index is 12.5. The SMILES string of the molecule is CC1CC2CSC(NC(=O)c3ccccc3)=N[C@@]2(c2nc(N)cs2)CO1. The highest BCUT2D eigenvalue weighted by atomic mass is 32.2. The summed E-state index contributed by atoms with van der Waals surface area (Å²) in [5.74, 6) is 1.51.